The predicted octanol–water partition coefficient (Wildman–Crippen LogP) is 5.62. The minimum Gasteiger partial charge on any atom is -0.396 e. The Kier molecular flexibility index (Phi) is 21.7. The van der Waals surface area contributed by atoms with Gasteiger partial charge in [-0.3, -0.25) is 4.79 Å². The van der Waals surface area contributed by atoms with E-state index in [1.807, 2.05) is 0 Å². The number of rotatable bonds is 21. The summed E-state index contributed by atoms with van der Waals surface area (Å²) < 4.78 is 0. The van der Waals surface area contributed by atoms with Gasteiger partial charge < -0.3 is 15.1 Å². The van der Waals surface area contributed by atoms with Gasteiger partial charge in [0, 0.05) is 32.7 Å². The monoisotopic (exact) mass is 397 g/mol. The van der Waals surface area contributed by atoms with E-state index >= 15 is 0 Å². The highest BCUT2D eigenvalue weighted by molar-refractivity contribution is 5.76. The number of nitrogens with zero attached hydrogens (tertiary/aromatic N) is 1. The number of aliphatic hydroxyl groups excluding tert-OH is 2. The normalized spacial score (nSPS) is 11.4. The van der Waals surface area contributed by atoms with Crippen LogP contribution in [0.25, 0.3) is 0 Å². The van der Waals surface area contributed by atoms with Crippen LogP contribution in [0, 0.1) is 0 Å². The molecule has 0 aromatic rings. The summed E-state index contributed by atoms with van der Waals surface area (Å²) in [6, 6.07) is 0. The van der Waals surface area contributed by atoms with Gasteiger partial charge in [-0.05, 0) is 44.9 Å². The Morgan fingerprint density at radius 1 is 0.679 bits per heavy atom. The number of hydrogen-bond acceptors (Lipinski definition) is 3. The first-order valence-electron chi connectivity index (χ1n) is 11.9. The van der Waals surface area contributed by atoms with E-state index in [0.717, 1.165) is 12.8 Å². The molecule has 2 N–H and O–H groups in total. The van der Waals surface area contributed by atoms with Crippen LogP contribution in [-0.4, -0.2) is 47.3 Å². The molecule has 0 spiro atoms. The summed E-state index contributed by atoms with van der Waals surface area (Å²) in [6.45, 7) is 3.67. The van der Waals surface area contributed by atoms with Crippen molar-refractivity contribution in [3.63, 3.8) is 0 Å². The Hall–Kier alpha value is -0.870. The van der Waals surface area contributed by atoms with Gasteiger partial charge in [-0.25, -0.2) is 0 Å². The van der Waals surface area contributed by atoms with Crippen molar-refractivity contribution < 1.29 is 15.0 Å². The van der Waals surface area contributed by atoms with E-state index in [2.05, 4.69) is 19.1 Å². The van der Waals surface area contributed by atoms with E-state index in [-0.39, 0.29) is 19.1 Å². The minimum atomic E-state index is 0.107. The third-order valence-electron chi connectivity index (χ3n) is 5.18. The Morgan fingerprint density at radius 2 is 1.14 bits per heavy atom. The smallest absolute Gasteiger partial charge is 0.222 e. The highest BCUT2D eigenvalue weighted by Crippen LogP contribution is 2.11. The fourth-order valence-electron chi connectivity index (χ4n) is 3.39. The molecule has 0 heterocycles. The zero-order valence-corrected chi connectivity index (χ0v) is 18.5. The Labute approximate surface area is 174 Å². The fourth-order valence-corrected chi connectivity index (χ4v) is 3.39. The zero-order chi connectivity index (χ0) is 20.7. The van der Waals surface area contributed by atoms with Crippen LogP contribution in [0.1, 0.15) is 110 Å². The summed E-state index contributed by atoms with van der Waals surface area (Å²) in [6.07, 6.45) is 22.9. The summed E-state index contributed by atoms with van der Waals surface area (Å²) in [5, 5.41) is 17.9. The summed E-state index contributed by atoms with van der Waals surface area (Å²) in [4.78, 5) is 14.0. The highest BCUT2D eigenvalue weighted by atomic mass is 16.3. The summed E-state index contributed by atoms with van der Waals surface area (Å²) >= 11 is 0. The molecule has 0 aromatic carbocycles. The van der Waals surface area contributed by atoms with Crippen molar-refractivity contribution in [3.05, 3.63) is 12.2 Å². The third kappa shape index (κ3) is 18.5. The molecule has 4 heteroatoms. The Balaban J connectivity index is 3.51. The summed E-state index contributed by atoms with van der Waals surface area (Å²) in [5.74, 6) is 0.166. The van der Waals surface area contributed by atoms with Gasteiger partial charge in [0.05, 0.1) is 0 Å². The molecule has 1 amide bonds. The molecular formula is C24H47NO3. The van der Waals surface area contributed by atoms with Crippen LogP contribution in [-0.2, 0) is 4.79 Å². The number of aliphatic hydroxyl groups is 2. The van der Waals surface area contributed by atoms with E-state index < -0.39 is 0 Å². The van der Waals surface area contributed by atoms with E-state index in [4.69, 9.17) is 10.2 Å². The van der Waals surface area contributed by atoms with Crippen molar-refractivity contribution >= 4 is 5.91 Å². The predicted molar refractivity (Wildman–Crippen MR) is 119 cm³/mol. The van der Waals surface area contributed by atoms with Gasteiger partial charge in [-0.1, -0.05) is 70.4 Å². The van der Waals surface area contributed by atoms with Crippen LogP contribution in [0.4, 0.5) is 0 Å². The van der Waals surface area contributed by atoms with Crippen LogP contribution >= 0.6 is 0 Å². The van der Waals surface area contributed by atoms with Crippen molar-refractivity contribution in [2.75, 3.05) is 26.3 Å². The maximum atomic E-state index is 12.2. The molecule has 0 aliphatic rings. The van der Waals surface area contributed by atoms with E-state index in [9.17, 15) is 4.79 Å². The van der Waals surface area contributed by atoms with Crippen molar-refractivity contribution in [3.8, 4) is 0 Å². The van der Waals surface area contributed by atoms with Crippen LogP contribution in [0.2, 0.25) is 0 Å². The van der Waals surface area contributed by atoms with E-state index in [1.165, 1.54) is 70.6 Å². The first-order valence-corrected chi connectivity index (χ1v) is 11.9. The standard InChI is InChI=1S/C24H47NO3/c1-2-3-4-5-6-7-8-9-10-11-12-13-14-15-16-19-24(28)25(20-17-22-26)21-18-23-27/h9-10,26-27H,2-8,11-23H2,1H3/b10-9-. The van der Waals surface area contributed by atoms with Crippen molar-refractivity contribution in [2.45, 2.75) is 110 Å². The molecule has 0 rings (SSSR count). The number of hydrogen-bond donors (Lipinski definition) is 2. The largest absolute Gasteiger partial charge is 0.396 e. The minimum absolute atomic E-state index is 0.107. The zero-order valence-electron chi connectivity index (χ0n) is 18.5. The topological polar surface area (TPSA) is 60.8 Å². The molecule has 0 radical (unpaired) electrons. The lowest BCUT2D eigenvalue weighted by molar-refractivity contribution is -0.131. The van der Waals surface area contributed by atoms with Gasteiger partial charge in [-0.15, -0.1) is 0 Å². The highest BCUT2D eigenvalue weighted by Gasteiger charge is 2.11. The molecule has 28 heavy (non-hydrogen) atoms. The molecule has 0 atom stereocenters. The molecule has 166 valence electrons. The average Bonchev–Trinajstić information content (AvgIpc) is 2.70. The number of amides is 1. The first kappa shape index (κ1) is 27.1. The molecule has 0 saturated heterocycles. The van der Waals surface area contributed by atoms with Gasteiger partial charge >= 0.3 is 0 Å². The Bertz CT molecular complexity index is 350. The van der Waals surface area contributed by atoms with Crippen molar-refractivity contribution in [1.29, 1.82) is 0 Å². The molecule has 0 bridgehead atoms. The van der Waals surface area contributed by atoms with Gasteiger partial charge in [0.1, 0.15) is 0 Å². The van der Waals surface area contributed by atoms with Gasteiger partial charge in [0.2, 0.25) is 5.91 Å². The second-order valence-electron chi connectivity index (χ2n) is 7.87. The quantitative estimate of drug-likeness (QED) is 0.195. The lowest BCUT2D eigenvalue weighted by Gasteiger charge is -2.22. The second kappa shape index (κ2) is 22.4. The van der Waals surface area contributed by atoms with E-state index in [0.29, 0.717) is 32.4 Å². The van der Waals surface area contributed by atoms with Crippen molar-refractivity contribution in [1.82, 2.24) is 4.90 Å². The molecule has 0 aromatic heterocycles. The van der Waals surface area contributed by atoms with Crippen LogP contribution < -0.4 is 0 Å². The summed E-state index contributed by atoms with van der Waals surface area (Å²) in [5.41, 5.74) is 0. The fraction of sp³-hybridized carbons (Fsp3) is 0.875. The average molecular weight is 398 g/mol. The first-order chi connectivity index (χ1) is 13.8. The molecule has 0 fully saturated rings. The molecule has 0 aliphatic carbocycles. The lowest BCUT2D eigenvalue weighted by atomic mass is 10.1. The van der Waals surface area contributed by atoms with Crippen LogP contribution in [0.3, 0.4) is 0 Å². The number of carbonyl (C=O) groups excluding carboxylic acids is 1. The van der Waals surface area contributed by atoms with Crippen LogP contribution in [0.5, 0.6) is 0 Å². The Morgan fingerprint density at radius 3 is 1.64 bits per heavy atom. The number of allylic oxidation sites excluding steroid dienone is 2. The molecule has 0 saturated carbocycles. The molecule has 4 nitrogen and oxygen atoms in total. The molecule has 0 unspecified atom stereocenters. The third-order valence-corrected chi connectivity index (χ3v) is 5.18. The lowest BCUT2D eigenvalue weighted by Crippen LogP contribution is -2.33. The SMILES string of the molecule is CCCCCCCC/C=C\CCCCCCCC(=O)N(CCCO)CCCO. The van der Waals surface area contributed by atoms with Gasteiger partial charge in [0.25, 0.3) is 0 Å². The van der Waals surface area contributed by atoms with E-state index in [1.54, 1.807) is 4.90 Å². The number of unbranched alkanes of at least 4 members (excludes halogenated alkanes) is 11. The second-order valence-corrected chi connectivity index (χ2v) is 7.87. The maximum absolute atomic E-state index is 12.2. The summed E-state index contributed by atoms with van der Waals surface area (Å²) in [7, 11) is 0. The number of carbonyl (C=O) groups is 1. The van der Waals surface area contributed by atoms with Gasteiger partial charge in [0.15, 0.2) is 0 Å². The molecule has 0 aliphatic heterocycles. The molecular weight excluding hydrogens is 350 g/mol. The van der Waals surface area contributed by atoms with Crippen LogP contribution in [0.15, 0.2) is 12.2 Å². The maximum Gasteiger partial charge on any atom is 0.222 e. The van der Waals surface area contributed by atoms with Crippen molar-refractivity contribution in [2.24, 2.45) is 0 Å². The van der Waals surface area contributed by atoms with Gasteiger partial charge in [-0.2, -0.15) is 0 Å².